The smallest absolute Gasteiger partial charge is 0.550 e. The molecule has 0 bridgehead atoms. The van der Waals surface area contributed by atoms with Crippen molar-refractivity contribution in [3.63, 3.8) is 0 Å². The van der Waals surface area contributed by atoms with Gasteiger partial charge in [-0.1, -0.05) is 69.2 Å². The van der Waals surface area contributed by atoms with Crippen LogP contribution >= 0.6 is 0 Å². The predicted octanol–water partition coefficient (Wildman–Crippen LogP) is 2.80. The number of hydrogen-bond acceptors (Lipinski definition) is 4. The van der Waals surface area contributed by atoms with E-state index in [-0.39, 0.29) is 57.6 Å². The number of carboxylic acid groups (broad SMARTS) is 2. The zero-order valence-electron chi connectivity index (χ0n) is 18.2. The normalized spacial score (nSPS) is 12.6. The third-order valence-corrected chi connectivity index (χ3v) is 3.26. The predicted molar refractivity (Wildman–Crippen MR) is 101 cm³/mol. The molecule has 0 aliphatic carbocycles. The minimum absolute atomic E-state index is 0. The van der Waals surface area contributed by atoms with E-state index in [9.17, 15) is 19.8 Å². The average molecular weight is 367 g/mol. The van der Waals surface area contributed by atoms with Crippen molar-refractivity contribution >= 4 is 35.0 Å². The van der Waals surface area contributed by atoms with Gasteiger partial charge >= 0.3 is 23.1 Å². The summed E-state index contributed by atoms with van der Waals surface area (Å²) in [5.74, 6) is -1.91. The van der Waals surface area contributed by atoms with E-state index < -0.39 is 11.9 Å². The van der Waals surface area contributed by atoms with Crippen LogP contribution in [0.1, 0.15) is 94.9 Å². The molecule has 0 amide bonds. The Morgan fingerprint density at radius 1 is 0.600 bits per heavy atom. The molecule has 5 heteroatoms. The Morgan fingerprint density at radius 3 is 0.920 bits per heavy atom. The summed E-state index contributed by atoms with van der Waals surface area (Å²) in [5, 5.41) is 20.8. The zero-order chi connectivity index (χ0) is 20.0. The van der Waals surface area contributed by atoms with Gasteiger partial charge in [-0.3, -0.25) is 0 Å². The van der Waals surface area contributed by atoms with Crippen LogP contribution in [0.3, 0.4) is 0 Å². The molecule has 0 aromatic heterocycles. The van der Waals surface area contributed by atoms with E-state index in [1.54, 1.807) is 0 Å². The second kappa shape index (κ2) is 10.8. The molecule has 0 aliphatic rings. The second-order valence-corrected chi connectivity index (χ2v) is 10.9. The van der Waals surface area contributed by atoms with Crippen LogP contribution in [0.4, 0.5) is 0 Å². The van der Waals surface area contributed by atoms with E-state index in [2.05, 4.69) is 41.5 Å². The molecule has 0 heterocycles. The second-order valence-electron chi connectivity index (χ2n) is 10.9. The molecule has 0 aromatic rings. The molecule has 0 aromatic carbocycles. The minimum atomic E-state index is -0.954. The van der Waals surface area contributed by atoms with Crippen LogP contribution in [0.25, 0.3) is 0 Å². The van der Waals surface area contributed by atoms with Crippen molar-refractivity contribution in [2.24, 2.45) is 21.7 Å². The first-order chi connectivity index (χ1) is 10.2. The molecule has 0 saturated heterocycles. The molecule has 0 saturated carbocycles. The SMILES string of the molecule is CC(C)(C)CC(C)(C)CC(=O)[O-].CC(C)(C)CC(C)(C)CC(=O)[O-].[Mg+2]. The summed E-state index contributed by atoms with van der Waals surface area (Å²) in [7, 11) is 0. The van der Waals surface area contributed by atoms with Gasteiger partial charge in [-0.25, -0.2) is 0 Å². The molecule has 0 N–H and O–H groups in total. The van der Waals surface area contributed by atoms with E-state index >= 15 is 0 Å². The monoisotopic (exact) mass is 366 g/mol. The summed E-state index contributed by atoms with van der Waals surface area (Å²) in [6.07, 6.45) is 2.08. The number of carboxylic acids is 2. The van der Waals surface area contributed by atoms with Crippen LogP contribution in [-0.4, -0.2) is 35.0 Å². The van der Waals surface area contributed by atoms with Crippen molar-refractivity contribution in [1.29, 1.82) is 0 Å². The first-order valence-corrected chi connectivity index (χ1v) is 8.64. The molecule has 0 fully saturated rings. The van der Waals surface area contributed by atoms with Crippen LogP contribution in [0.2, 0.25) is 0 Å². The third kappa shape index (κ3) is 23.7. The summed E-state index contributed by atoms with van der Waals surface area (Å²) >= 11 is 0. The fraction of sp³-hybridized carbons (Fsp3) is 0.900. The van der Waals surface area contributed by atoms with Crippen LogP contribution in [0, 0.1) is 21.7 Å². The number of aliphatic carboxylic acids is 2. The van der Waals surface area contributed by atoms with Gasteiger partial charge in [0.1, 0.15) is 0 Å². The number of carbonyl (C=O) groups excluding carboxylic acids is 2. The van der Waals surface area contributed by atoms with Gasteiger partial charge in [0.15, 0.2) is 0 Å². The maximum Gasteiger partial charge on any atom is 2.00 e. The minimum Gasteiger partial charge on any atom is -0.550 e. The fourth-order valence-corrected chi connectivity index (χ4v) is 3.78. The summed E-state index contributed by atoms with van der Waals surface area (Å²) < 4.78 is 0. The molecular weight excluding hydrogens is 329 g/mol. The van der Waals surface area contributed by atoms with Crippen molar-refractivity contribution in [1.82, 2.24) is 0 Å². The molecule has 0 rings (SSSR count). The topological polar surface area (TPSA) is 80.3 Å². The Morgan fingerprint density at radius 2 is 0.800 bits per heavy atom. The standard InChI is InChI=1S/2C10H20O2.Mg/c2*1-9(2,3)7-10(4,5)6-8(11)12;/h2*6-7H2,1-5H3,(H,11,12);/q;;+2/p-2. The fourth-order valence-electron chi connectivity index (χ4n) is 3.78. The van der Waals surface area contributed by atoms with Crippen LogP contribution in [-0.2, 0) is 9.59 Å². The Balaban J connectivity index is -0.000000372. The first kappa shape index (κ1) is 29.5. The Bertz CT molecular complexity index is 372. The number of carbonyl (C=O) groups is 2. The molecule has 144 valence electrons. The molecule has 0 aliphatic heterocycles. The van der Waals surface area contributed by atoms with E-state index in [0.29, 0.717) is 0 Å². The molecule has 25 heavy (non-hydrogen) atoms. The summed E-state index contributed by atoms with van der Waals surface area (Å²) in [6, 6.07) is 0. The maximum atomic E-state index is 10.4. The third-order valence-electron chi connectivity index (χ3n) is 3.26. The molecule has 0 radical (unpaired) electrons. The Labute approximate surface area is 171 Å². The Hall–Kier alpha value is -0.294. The largest absolute Gasteiger partial charge is 2.00 e. The Kier molecular flexibility index (Phi) is 12.7. The molecular formula is C20H38MgO4. The first-order valence-electron chi connectivity index (χ1n) is 8.64. The van der Waals surface area contributed by atoms with Gasteiger partial charge in [0.25, 0.3) is 0 Å². The number of rotatable bonds is 6. The van der Waals surface area contributed by atoms with E-state index in [1.807, 2.05) is 27.7 Å². The summed E-state index contributed by atoms with van der Waals surface area (Å²) in [6.45, 7) is 20.6. The molecule has 0 unspecified atom stereocenters. The molecule has 0 atom stereocenters. The van der Waals surface area contributed by atoms with Gasteiger partial charge in [-0.15, -0.1) is 0 Å². The van der Waals surface area contributed by atoms with Crippen LogP contribution in [0.15, 0.2) is 0 Å². The zero-order valence-corrected chi connectivity index (χ0v) is 19.6. The summed E-state index contributed by atoms with van der Waals surface area (Å²) in [5.41, 5.74) is 0.0477. The van der Waals surface area contributed by atoms with Crippen molar-refractivity contribution in [2.75, 3.05) is 0 Å². The van der Waals surface area contributed by atoms with Crippen molar-refractivity contribution in [3.8, 4) is 0 Å². The number of hydrogen-bond donors (Lipinski definition) is 0. The molecule has 0 spiro atoms. The maximum absolute atomic E-state index is 10.4. The average Bonchev–Trinajstić information content (AvgIpc) is 2.02. The quantitative estimate of drug-likeness (QED) is 0.677. The van der Waals surface area contributed by atoms with Crippen molar-refractivity contribution in [3.05, 3.63) is 0 Å². The van der Waals surface area contributed by atoms with Crippen LogP contribution in [0.5, 0.6) is 0 Å². The van der Waals surface area contributed by atoms with E-state index in [0.717, 1.165) is 12.8 Å². The van der Waals surface area contributed by atoms with E-state index in [1.165, 1.54) is 0 Å². The van der Waals surface area contributed by atoms with Gasteiger partial charge in [0.05, 0.1) is 0 Å². The van der Waals surface area contributed by atoms with E-state index in [4.69, 9.17) is 0 Å². The van der Waals surface area contributed by atoms with Crippen LogP contribution < -0.4 is 10.2 Å². The van der Waals surface area contributed by atoms with Crippen molar-refractivity contribution < 1.29 is 19.8 Å². The van der Waals surface area contributed by atoms with Gasteiger partial charge in [-0.2, -0.15) is 0 Å². The molecule has 4 nitrogen and oxygen atoms in total. The van der Waals surface area contributed by atoms with Gasteiger partial charge in [0.2, 0.25) is 0 Å². The van der Waals surface area contributed by atoms with Gasteiger partial charge in [-0.05, 0) is 47.3 Å². The summed E-state index contributed by atoms with van der Waals surface area (Å²) in [4.78, 5) is 20.8. The van der Waals surface area contributed by atoms with Crippen molar-refractivity contribution in [2.45, 2.75) is 94.9 Å². The van der Waals surface area contributed by atoms with Gasteiger partial charge in [0, 0.05) is 11.9 Å². The van der Waals surface area contributed by atoms with Gasteiger partial charge < -0.3 is 19.8 Å².